The predicted octanol–water partition coefficient (Wildman–Crippen LogP) is 2.68. The van der Waals surface area contributed by atoms with E-state index in [-0.39, 0.29) is 19.0 Å². The number of sulfonamides is 1. The Morgan fingerprint density at radius 1 is 1.19 bits per heavy atom. The first-order valence-electron chi connectivity index (χ1n) is 8.37. The summed E-state index contributed by atoms with van der Waals surface area (Å²) in [5.41, 5.74) is 1.61. The van der Waals surface area contributed by atoms with Crippen LogP contribution in [0.3, 0.4) is 0 Å². The molecule has 0 saturated carbocycles. The van der Waals surface area contributed by atoms with Gasteiger partial charge in [0, 0.05) is 4.90 Å². The zero-order chi connectivity index (χ0) is 19.9. The molecule has 0 aliphatic heterocycles. The third-order valence-electron chi connectivity index (χ3n) is 3.74. The van der Waals surface area contributed by atoms with Crippen molar-refractivity contribution >= 4 is 33.4 Å². The molecule has 0 heterocycles. The maximum atomic E-state index is 12.2. The Kier molecular flexibility index (Phi) is 7.55. The summed E-state index contributed by atoms with van der Waals surface area (Å²) in [5, 5.41) is 2.69. The van der Waals surface area contributed by atoms with Gasteiger partial charge in [0.15, 0.2) is 0 Å². The molecule has 146 valence electrons. The molecule has 0 fully saturated rings. The van der Waals surface area contributed by atoms with Crippen molar-refractivity contribution in [2.75, 3.05) is 36.5 Å². The molecule has 0 radical (unpaired) electrons. The molecular weight excluding hydrogens is 384 g/mol. The van der Waals surface area contributed by atoms with E-state index >= 15 is 0 Å². The second kappa shape index (κ2) is 9.66. The van der Waals surface area contributed by atoms with Crippen molar-refractivity contribution in [3.63, 3.8) is 0 Å². The summed E-state index contributed by atoms with van der Waals surface area (Å²) in [6.07, 6.45) is 3.00. The van der Waals surface area contributed by atoms with E-state index in [0.717, 1.165) is 26.8 Å². The van der Waals surface area contributed by atoms with E-state index in [0.29, 0.717) is 12.3 Å². The molecular formula is C19H24N2O4S2. The highest BCUT2D eigenvalue weighted by Crippen LogP contribution is 2.23. The first-order chi connectivity index (χ1) is 12.8. The van der Waals surface area contributed by atoms with Crippen LogP contribution in [-0.4, -0.2) is 46.5 Å². The summed E-state index contributed by atoms with van der Waals surface area (Å²) in [6, 6.07) is 14.7. The Hall–Kier alpha value is -2.19. The number of carbonyl (C=O) groups excluding carboxylic acids is 1. The number of ether oxygens (including phenoxy) is 1. The van der Waals surface area contributed by atoms with Gasteiger partial charge in [-0.05, 0) is 43.5 Å². The molecule has 27 heavy (non-hydrogen) atoms. The second-order valence-corrected chi connectivity index (χ2v) is 8.77. The quantitative estimate of drug-likeness (QED) is 0.510. The maximum absolute atomic E-state index is 12.2. The molecule has 0 aromatic heterocycles. The SMILES string of the molecule is CSc1cccc(N(CC(=O)NCCOc2ccc(C)cc2)S(C)(=O)=O)c1. The Morgan fingerprint density at radius 2 is 1.89 bits per heavy atom. The number of anilines is 1. The largest absolute Gasteiger partial charge is 0.492 e. The Bertz CT molecular complexity index is 868. The lowest BCUT2D eigenvalue weighted by Gasteiger charge is -2.22. The molecule has 2 rings (SSSR count). The molecule has 0 spiro atoms. The maximum Gasteiger partial charge on any atom is 0.240 e. The molecule has 8 heteroatoms. The zero-order valence-corrected chi connectivity index (χ0v) is 17.3. The fraction of sp³-hybridized carbons (Fsp3) is 0.316. The van der Waals surface area contributed by atoms with Crippen LogP contribution in [0.5, 0.6) is 5.75 Å². The van der Waals surface area contributed by atoms with E-state index in [2.05, 4.69) is 5.32 Å². The summed E-state index contributed by atoms with van der Waals surface area (Å²) < 4.78 is 30.9. The van der Waals surface area contributed by atoms with Gasteiger partial charge >= 0.3 is 0 Å². The minimum absolute atomic E-state index is 0.277. The average Bonchev–Trinajstić information content (AvgIpc) is 2.64. The van der Waals surface area contributed by atoms with Crippen molar-refractivity contribution in [1.29, 1.82) is 0 Å². The van der Waals surface area contributed by atoms with Crippen molar-refractivity contribution in [2.45, 2.75) is 11.8 Å². The second-order valence-electron chi connectivity index (χ2n) is 5.98. The summed E-state index contributed by atoms with van der Waals surface area (Å²) in [4.78, 5) is 13.1. The van der Waals surface area contributed by atoms with Crippen molar-refractivity contribution in [2.24, 2.45) is 0 Å². The smallest absolute Gasteiger partial charge is 0.240 e. The number of thioether (sulfide) groups is 1. The normalized spacial score (nSPS) is 11.1. The molecule has 0 bridgehead atoms. The molecule has 0 atom stereocenters. The van der Waals surface area contributed by atoms with Gasteiger partial charge < -0.3 is 10.1 Å². The van der Waals surface area contributed by atoms with Gasteiger partial charge in [-0.1, -0.05) is 23.8 Å². The molecule has 0 saturated heterocycles. The summed E-state index contributed by atoms with van der Waals surface area (Å²) in [6.45, 7) is 2.30. The van der Waals surface area contributed by atoms with Crippen molar-refractivity contribution in [3.05, 3.63) is 54.1 Å². The van der Waals surface area contributed by atoms with E-state index in [1.807, 2.05) is 43.5 Å². The number of hydrogen-bond acceptors (Lipinski definition) is 5. The van der Waals surface area contributed by atoms with Gasteiger partial charge in [0.05, 0.1) is 18.5 Å². The van der Waals surface area contributed by atoms with Crippen LogP contribution < -0.4 is 14.4 Å². The first-order valence-corrected chi connectivity index (χ1v) is 11.4. The fourth-order valence-electron chi connectivity index (χ4n) is 2.35. The number of rotatable bonds is 9. The highest BCUT2D eigenvalue weighted by molar-refractivity contribution is 7.98. The Labute approximate surface area is 165 Å². The Morgan fingerprint density at radius 3 is 2.52 bits per heavy atom. The number of carbonyl (C=O) groups is 1. The number of hydrogen-bond donors (Lipinski definition) is 1. The molecule has 6 nitrogen and oxygen atoms in total. The molecule has 0 aliphatic rings. The third-order valence-corrected chi connectivity index (χ3v) is 5.61. The van der Waals surface area contributed by atoms with Crippen LogP contribution in [0.1, 0.15) is 5.56 Å². The van der Waals surface area contributed by atoms with Crippen LogP contribution in [0.15, 0.2) is 53.4 Å². The standard InChI is InChI=1S/C19H24N2O4S2/c1-15-7-9-17(10-8-15)25-12-11-20-19(22)14-21(27(3,23)24)16-5-4-6-18(13-16)26-2/h4-10,13H,11-12,14H2,1-3H3,(H,20,22). The van der Waals surface area contributed by atoms with Crippen LogP contribution in [-0.2, 0) is 14.8 Å². The van der Waals surface area contributed by atoms with E-state index in [4.69, 9.17) is 4.74 Å². The van der Waals surface area contributed by atoms with Gasteiger partial charge in [0.2, 0.25) is 15.9 Å². The van der Waals surface area contributed by atoms with Crippen LogP contribution >= 0.6 is 11.8 Å². The molecule has 1 amide bonds. The van der Waals surface area contributed by atoms with E-state index in [1.54, 1.807) is 18.2 Å². The monoisotopic (exact) mass is 408 g/mol. The highest BCUT2D eigenvalue weighted by Gasteiger charge is 2.20. The third kappa shape index (κ3) is 6.80. The molecule has 0 unspecified atom stereocenters. The number of benzene rings is 2. The van der Waals surface area contributed by atoms with Gasteiger partial charge in [-0.25, -0.2) is 8.42 Å². The van der Waals surface area contributed by atoms with E-state index in [9.17, 15) is 13.2 Å². The highest BCUT2D eigenvalue weighted by atomic mass is 32.2. The number of nitrogens with zero attached hydrogens (tertiary/aromatic N) is 1. The average molecular weight is 409 g/mol. The summed E-state index contributed by atoms with van der Waals surface area (Å²) >= 11 is 1.51. The fourth-order valence-corrected chi connectivity index (χ4v) is 3.65. The van der Waals surface area contributed by atoms with Crippen molar-refractivity contribution < 1.29 is 17.9 Å². The zero-order valence-electron chi connectivity index (χ0n) is 15.6. The Balaban J connectivity index is 1.91. The lowest BCUT2D eigenvalue weighted by atomic mass is 10.2. The molecule has 2 aromatic rings. The van der Waals surface area contributed by atoms with Crippen LogP contribution in [0.2, 0.25) is 0 Å². The first kappa shape index (κ1) is 21.1. The van der Waals surface area contributed by atoms with Crippen molar-refractivity contribution in [1.82, 2.24) is 5.32 Å². The number of aryl methyl sites for hydroxylation is 1. The number of nitrogens with one attached hydrogen (secondary N) is 1. The van der Waals surface area contributed by atoms with Crippen molar-refractivity contribution in [3.8, 4) is 5.75 Å². The van der Waals surface area contributed by atoms with Gasteiger partial charge in [-0.3, -0.25) is 9.10 Å². The summed E-state index contributed by atoms with van der Waals surface area (Å²) in [7, 11) is -3.58. The lowest BCUT2D eigenvalue weighted by molar-refractivity contribution is -0.119. The topological polar surface area (TPSA) is 75.7 Å². The van der Waals surface area contributed by atoms with E-state index in [1.165, 1.54) is 11.8 Å². The minimum atomic E-state index is -3.58. The molecule has 1 N–H and O–H groups in total. The van der Waals surface area contributed by atoms with Gasteiger partial charge in [0.25, 0.3) is 0 Å². The van der Waals surface area contributed by atoms with Gasteiger partial charge in [0.1, 0.15) is 18.9 Å². The number of amides is 1. The van der Waals surface area contributed by atoms with E-state index < -0.39 is 10.0 Å². The molecule has 2 aromatic carbocycles. The molecule has 0 aliphatic carbocycles. The predicted molar refractivity (Wildman–Crippen MR) is 110 cm³/mol. The van der Waals surface area contributed by atoms with Crippen LogP contribution in [0.25, 0.3) is 0 Å². The minimum Gasteiger partial charge on any atom is -0.492 e. The van der Waals surface area contributed by atoms with Crippen LogP contribution in [0, 0.1) is 6.92 Å². The van der Waals surface area contributed by atoms with Gasteiger partial charge in [-0.15, -0.1) is 11.8 Å². The van der Waals surface area contributed by atoms with Crippen LogP contribution in [0.4, 0.5) is 5.69 Å². The van der Waals surface area contributed by atoms with Gasteiger partial charge in [-0.2, -0.15) is 0 Å². The summed E-state index contributed by atoms with van der Waals surface area (Å²) in [5.74, 6) is 0.337. The lowest BCUT2D eigenvalue weighted by Crippen LogP contribution is -2.41.